The molecule has 5 rings (SSSR count). The molecular weight excluding hydrogens is 357 g/mol. The maximum atomic E-state index is 13.0. The SMILES string of the molecule is O=C(CCN1C[C@H]2CC[C@@H]1CN(C1CCOCC1)C2)NCc1ccc(F)cc1. The maximum absolute atomic E-state index is 13.0. The molecule has 4 aliphatic heterocycles. The van der Waals surface area contributed by atoms with Gasteiger partial charge in [-0.15, -0.1) is 0 Å². The Balaban J connectivity index is 1.24. The summed E-state index contributed by atoms with van der Waals surface area (Å²) in [6.07, 6.45) is 5.41. The number of carbonyl (C=O) groups is 1. The van der Waals surface area contributed by atoms with Gasteiger partial charge < -0.3 is 10.1 Å². The van der Waals surface area contributed by atoms with E-state index >= 15 is 0 Å². The van der Waals surface area contributed by atoms with Crippen molar-refractivity contribution < 1.29 is 13.9 Å². The lowest BCUT2D eigenvalue weighted by Gasteiger charge is -2.37. The van der Waals surface area contributed by atoms with E-state index in [0.717, 1.165) is 57.2 Å². The summed E-state index contributed by atoms with van der Waals surface area (Å²) >= 11 is 0. The van der Waals surface area contributed by atoms with Crippen LogP contribution in [0.5, 0.6) is 0 Å². The van der Waals surface area contributed by atoms with Crippen molar-refractivity contribution in [3.05, 3.63) is 35.6 Å². The van der Waals surface area contributed by atoms with E-state index in [2.05, 4.69) is 15.1 Å². The van der Waals surface area contributed by atoms with Crippen LogP contribution in [0.3, 0.4) is 0 Å². The number of piperidine rings is 1. The van der Waals surface area contributed by atoms with Crippen LogP contribution in [0.4, 0.5) is 4.39 Å². The van der Waals surface area contributed by atoms with Crippen molar-refractivity contribution in [1.29, 1.82) is 0 Å². The van der Waals surface area contributed by atoms with Gasteiger partial charge in [0.05, 0.1) is 0 Å². The molecule has 154 valence electrons. The molecule has 4 aliphatic rings. The van der Waals surface area contributed by atoms with Gasteiger partial charge in [0.1, 0.15) is 5.82 Å². The third-order valence-electron chi connectivity index (χ3n) is 6.59. The molecule has 4 saturated heterocycles. The summed E-state index contributed by atoms with van der Waals surface area (Å²) in [5, 5.41) is 2.97. The average Bonchev–Trinajstić information content (AvgIpc) is 3.04. The van der Waals surface area contributed by atoms with Crippen LogP contribution >= 0.6 is 0 Å². The second-order valence-corrected chi connectivity index (χ2v) is 8.54. The highest BCUT2D eigenvalue weighted by Gasteiger charge is 2.37. The molecule has 4 fully saturated rings. The number of halogens is 1. The summed E-state index contributed by atoms with van der Waals surface area (Å²) in [6.45, 7) is 6.55. The Kier molecular flexibility index (Phi) is 6.60. The largest absolute Gasteiger partial charge is 0.381 e. The van der Waals surface area contributed by atoms with Gasteiger partial charge in [-0.25, -0.2) is 4.39 Å². The minimum Gasteiger partial charge on any atom is -0.381 e. The summed E-state index contributed by atoms with van der Waals surface area (Å²) < 4.78 is 18.5. The molecule has 0 spiro atoms. The zero-order valence-corrected chi connectivity index (χ0v) is 16.6. The molecule has 0 radical (unpaired) electrons. The first kappa shape index (κ1) is 19.8. The van der Waals surface area contributed by atoms with Crippen LogP contribution in [0.1, 0.15) is 37.7 Å². The number of benzene rings is 1. The van der Waals surface area contributed by atoms with E-state index in [1.165, 1.54) is 31.5 Å². The summed E-state index contributed by atoms with van der Waals surface area (Å²) in [7, 11) is 0. The lowest BCUT2D eigenvalue weighted by Crippen LogP contribution is -2.47. The lowest BCUT2D eigenvalue weighted by atomic mass is 9.95. The van der Waals surface area contributed by atoms with Crippen molar-refractivity contribution in [3.63, 3.8) is 0 Å². The molecule has 0 aromatic heterocycles. The number of nitrogens with one attached hydrogen (secondary N) is 1. The highest BCUT2D eigenvalue weighted by Crippen LogP contribution is 2.30. The van der Waals surface area contributed by atoms with Crippen LogP contribution in [-0.2, 0) is 16.1 Å². The number of ether oxygens (including phenoxy) is 1. The Morgan fingerprint density at radius 1 is 1.04 bits per heavy atom. The van der Waals surface area contributed by atoms with Gasteiger partial charge in [0, 0.05) is 64.4 Å². The minimum absolute atomic E-state index is 0.0748. The molecule has 1 N–H and O–H groups in total. The summed E-state index contributed by atoms with van der Waals surface area (Å²) in [5.74, 6) is 0.552. The van der Waals surface area contributed by atoms with E-state index in [-0.39, 0.29) is 11.7 Å². The first-order chi connectivity index (χ1) is 13.7. The molecule has 4 heterocycles. The number of nitrogens with zero attached hydrogens (tertiary/aromatic N) is 2. The maximum Gasteiger partial charge on any atom is 0.221 e. The molecule has 28 heavy (non-hydrogen) atoms. The number of hydrogen-bond acceptors (Lipinski definition) is 4. The van der Waals surface area contributed by atoms with Crippen LogP contribution in [0, 0.1) is 11.7 Å². The van der Waals surface area contributed by atoms with Gasteiger partial charge in [0.25, 0.3) is 0 Å². The molecular formula is C22H32FN3O2. The zero-order chi connectivity index (χ0) is 19.3. The Morgan fingerprint density at radius 3 is 2.61 bits per heavy atom. The zero-order valence-electron chi connectivity index (χ0n) is 16.6. The summed E-state index contributed by atoms with van der Waals surface area (Å²) in [5.41, 5.74) is 0.927. The van der Waals surface area contributed by atoms with Gasteiger partial charge in [-0.3, -0.25) is 14.6 Å². The lowest BCUT2D eigenvalue weighted by molar-refractivity contribution is -0.121. The van der Waals surface area contributed by atoms with E-state index < -0.39 is 0 Å². The van der Waals surface area contributed by atoms with E-state index in [9.17, 15) is 9.18 Å². The van der Waals surface area contributed by atoms with Gasteiger partial charge >= 0.3 is 0 Å². The third-order valence-corrected chi connectivity index (χ3v) is 6.59. The van der Waals surface area contributed by atoms with Gasteiger partial charge in [0.2, 0.25) is 5.91 Å². The number of hydrogen-bond donors (Lipinski definition) is 1. The van der Waals surface area contributed by atoms with Crippen LogP contribution in [-0.4, -0.2) is 67.2 Å². The van der Waals surface area contributed by atoms with Crippen molar-refractivity contribution >= 4 is 5.91 Å². The molecule has 5 nitrogen and oxygen atoms in total. The predicted octanol–water partition coefficient (Wildman–Crippen LogP) is 2.41. The Morgan fingerprint density at radius 2 is 1.82 bits per heavy atom. The van der Waals surface area contributed by atoms with Crippen molar-refractivity contribution in [2.75, 3.05) is 39.4 Å². The fraction of sp³-hybridized carbons (Fsp3) is 0.682. The molecule has 1 amide bonds. The quantitative estimate of drug-likeness (QED) is 0.812. The number of fused-ring (bicyclic) bond motifs is 4. The molecule has 0 aliphatic carbocycles. The highest BCUT2D eigenvalue weighted by atomic mass is 19.1. The Hall–Kier alpha value is -1.50. The molecule has 1 aromatic carbocycles. The Labute approximate surface area is 167 Å². The molecule has 0 unspecified atom stereocenters. The second kappa shape index (κ2) is 9.33. The van der Waals surface area contributed by atoms with Crippen molar-refractivity contribution in [2.24, 2.45) is 5.92 Å². The van der Waals surface area contributed by atoms with Crippen molar-refractivity contribution in [1.82, 2.24) is 15.1 Å². The fourth-order valence-corrected chi connectivity index (χ4v) is 4.97. The molecule has 0 saturated carbocycles. The molecule has 6 heteroatoms. The first-order valence-electron chi connectivity index (χ1n) is 10.7. The second-order valence-electron chi connectivity index (χ2n) is 8.54. The monoisotopic (exact) mass is 389 g/mol. The molecule has 2 atom stereocenters. The van der Waals surface area contributed by atoms with Crippen LogP contribution in [0.25, 0.3) is 0 Å². The smallest absolute Gasteiger partial charge is 0.221 e. The van der Waals surface area contributed by atoms with Crippen LogP contribution < -0.4 is 5.32 Å². The van der Waals surface area contributed by atoms with Gasteiger partial charge in [-0.05, 0) is 49.3 Å². The minimum atomic E-state index is -0.249. The number of rotatable bonds is 6. The molecule has 1 aromatic rings. The van der Waals surface area contributed by atoms with E-state index in [4.69, 9.17) is 4.74 Å². The predicted molar refractivity (Wildman–Crippen MR) is 106 cm³/mol. The van der Waals surface area contributed by atoms with Crippen molar-refractivity contribution in [3.8, 4) is 0 Å². The van der Waals surface area contributed by atoms with Gasteiger partial charge in [-0.2, -0.15) is 0 Å². The number of carbonyl (C=O) groups excluding carboxylic acids is 1. The first-order valence-corrected chi connectivity index (χ1v) is 10.7. The highest BCUT2D eigenvalue weighted by molar-refractivity contribution is 5.76. The van der Waals surface area contributed by atoms with Crippen molar-refractivity contribution in [2.45, 2.75) is 50.7 Å². The van der Waals surface area contributed by atoms with E-state index in [1.54, 1.807) is 12.1 Å². The van der Waals surface area contributed by atoms with Gasteiger partial charge in [0.15, 0.2) is 0 Å². The fourth-order valence-electron chi connectivity index (χ4n) is 4.97. The Bertz CT molecular complexity index is 648. The molecule has 2 bridgehead atoms. The summed E-state index contributed by atoms with van der Waals surface area (Å²) in [6, 6.07) is 7.55. The van der Waals surface area contributed by atoms with Crippen LogP contribution in [0.2, 0.25) is 0 Å². The standard InChI is InChI=1S/C22H32FN3O2/c23-19-4-1-17(2-5-19)13-24-22(27)7-10-25-14-18-3-6-21(25)16-26(15-18)20-8-11-28-12-9-20/h1-2,4-5,18,20-21H,3,6-16H2,(H,24,27)/t18-,21-/m1/s1. The summed E-state index contributed by atoms with van der Waals surface area (Å²) in [4.78, 5) is 17.5. The average molecular weight is 390 g/mol. The van der Waals surface area contributed by atoms with E-state index in [0.29, 0.717) is 25.0 Å². The van der Waals surface area contributed by atoms with E-state index in [1.807, 2.05) is 0 Å². The normalized spacial score (nSPS) is 26.9. The number of amides is 1. The van der Waals surface area contributed by atoms with Crippen LogP contribution in [0.15, 0.2) is 24.3 Å². The third kappa shape index (κ3) is 5.10. The van der Waals surface area contributed by atoms with Gasteiger partial charge in [-0.1, -0.05) is 12.1 Å². The topological polar surface area (TPSA) is 44.8 Å².